The highest BCUT2D eigenvalue weighted by Gasteiger charge is 2.44. The maximum absolute atomic E-state index is 12.4. The predicted octanol–water partition coefficient (Wildman–Crippen LogP) is 6.77. The average Bonchev–Trinajstić information content (AvgIpc) is 3.23. The number of hydrogen-bond donors (Lipinski definition) is 3. The van der Waals surface area contributed by atoms with Crippen molar-refractivity contribution in [1.82, 2.24) is 5.32 Å². The summed E-state index contributed by atoms with van der Waals surface area (Å²) in [5.74, 6) is 0.526. The maximum Gasteiger partial charge on any atom is 0.305 e. The van der Waals surface area contributed by atoms with Crippen LogP contribution < -0.4 is 5.32 Å². The normalized spacial score (nSPS) is 26.5. The zero-order valence-corrected chi connectivity index (χ0v) is 27.3. The van der Waals surface area contributed by atoms with Crippen molar-refractivity contribution in [3.8, 4) is 0 Å². The summed E-state index contributed by atoms with van der Waals surface area (Å²) in [4.78, 5) is 27.9. The molecular formula is C37H42N4O4. The van der Waals surface area contributed by atoms with E-state index in [9.17, 15) is 15.0 Å². The molecule has 0 amide bonds. The minimum absolute atomic E-state index is 0.00765. The third kappa shape index (κ3) is 4.59. The summed E-state index contributed by atoms with van der Waals surface area (Å²) >= 11 is 0. The summed E-state index contributed by atoms with van der Waals surface area (Å²) < 4.78 is 5.03. The standard InChI is InChI=1S/C37H42N4O4/c1-8-22-16(2)27-15-28-31(20(6)42)19(5)35(40-28)32(21-9-10-21)34-17(3)23(11-12-30(44)45-7)36(41-34)25-14-29(43)24-13-26(39-37(24)25)18(4)33(22)38-27/h13,15,17,20-21,23,41-43H,8-12,14H2,1-7H3/t17-,20?,23-/m0/s1. The number of fused-ring (bicyclic) bond motifs is 5. The van der Waals surface area contributed by atoms with Crippen molar-refractivity contribution >= 4 is 23.1 Å². The van der Waals surface area contributed by atoms with E-state index in [1.165, 1.54) is 18.3 Å². The van der Waals surface area contributed by atoms with Crippen LogP contribution in [0.15, 0.2) is 106 Å². The van der Waals surface area contributed by atoms with Crippen LogP contribution in [0.1, 0.15) is 80.1 Å². The van der Waals surface area contributed by atoms with Gasteiger partial charge >= 0.3 is 5.97 Å². The van der Waals surface area contributed by atoms with Crippen LogP contribution in [0.2, 0.25) is 0 Å². The molecule has 8 bridgehead atoms. The van der Waals surface area contributed by atoms with Gasteiger partial charge in [-0.1, -0.05) is 13.8 Å². The SMILES string of the molecule is CCC1=C(C)C2=NC1=C(C)C1=CC3=C(O)CC(=C4NC(=C(C5CC5)C5=NC(=C2)C(C(C)O)=C5C)[C@@H](C)[C@@H]4CCC(=O)OC)C3=N1. The van der Waals surface area contributed by atoms with Gasteiger partial charge in [0.05, 0.1) is 47.4 Å². The van der Waals surface area contributed by atoms with E-state index in [1.54, 1.807) is 0 Å². The minimum Gasteiger partial charge on any atom is -0.511 e. The summed E-state index contributed by atoms with van der Waals surface area (Å²) in [7, 11) is 1.43. The highest BCUT2D eigenvalue weighted by Crippen LogP contribution is 2.50. The van der Waals surface area contributed by atoms with Crippen LogP contribution in [-0.4, -0.2) is 46.5 Å². The van der Waals surface area contributed by atoms with E-state index in [2.05, 4.69) is 39.9 Å². The van der Waals surface area contributed by atoms with Gasteiger partial charge in [-0.15, -0.1) is 0 Å². The van der Waals surface area contributed by atoms with E-state index in [1.807, 2.05) is 19.1 Å². The van der Waals surface area contributed by atoms with Gasteiger partial charge in [-0.3, -0.25) is 4.79 Å². The Morgan fingerprint density at radius 2 is 1.78 bits per heavy atom. The Labute approximate surface area is 264 Å². The Morgan fingerprint density at radius 1 is 1.04 bits per heavy atom. The first kappa shape index (κ1) is 29.7. The van der Waals surface area contributed by atoms with Crippen LogP contribution in [0.4, 0.5) is 0 Å². The molecule has 5 aliphatic heterocycles. The van der Waals surface area contributed by atoms with Crippen molar-refractivity contribution in [3.05, 3.63) is 91.0 Å². The monoisotopic (exact) mass is 606 g/mol. The minimum atomic E-state index is -0.694. The molecule has 3 N–H and O–H groups in total. The Hall–Kier alpha value is -4.04. The lowest BCUT2D eigenvalue weighted by molar-refractivity contribution is -0.140. The fourth-order valence-electron chi connectivity index (χ4n) is 7.95. The molecule has 0 aromatic carbocycles. The van der Waals surface area contributed by atoms with Crippen LogP contribution in [0.3, 0.4) is 0 Å². The van der Waals surface area contributed by atoms with E-state index < -0.39 is 6.10 Å². The third-order valence-electron chi connectivity index (χ3n) is 10.6. The summed E-state index contributed by atoms with van der Waals surface area (Å²) in [6, 6.07) is 0. The molecule has 7 aliphatic rings. The molecule has 1 saturated carbocycles. The maximum atomic E-state index is 12.4. The summed E-state index contributed by atoms with van der Waals surface area (Å²) in [6.45, 7) is 12.4. The molecule has 1 unspecified atom stereocenters. The molecule has 1 saturated heterocycles. The third-order valence-corrected chi connectivity index (χ3v) is 10.6. The van der Waals surface area contributed by atoms with Gasteiger partial charge in [0.2, 0.25) is 0 Å². The molecular weight excluding hydrogens is 564 g/mol. The zero-order chi connectivity index (χ0) is 31.9. The molecule has 0 radical (unpaired) electrons. The van der Waals surface area contributed by atoms with Gasteiger partial charge in [-0.05, 0) is 88.2 Å². The van der Waals surface area contributed by atoms with Crippen LogP contribution in [0.5, 0.6) is 0 Å². The number of nitrogens with zero attached hydrogens (tertiary/aromatic N) is 3. The van der Waals surface area contributed by atoms with Crippen molar-refractivity contribution < 1.29 is 19.7 Å². The Kier molecular flexibility index (Phi) is 7.11. The fraction of sp³-hybridized carbons (Fsp3) is 0.459. The van der Waals surface area contributed by atoms with Crippen LogP contribution in [0, 0.1) is 17.8 Å². The van der Waals surface area contributed by atoms with Gasteiger partial charge in [0, 0.05) is 63.9 Å². The number of aliphatic hydroxyl groups excluding tert-OH is 2. The molecule has 8 nitrogen and oxygen atoms in total. The first-order chi connectivity index (χ1) is 21.5. The first-order valence-corrected chi connectivity index (χ1v) is 16.3. The van der Waals surface area contributed by atoms with Crippen molar-refractivity contribution in [2.75, 3.05) is 7.11 Å². The lowest BCUT2D eigenvalue weighted by Gasteiger charge is -2.18. The van der Waals surface area contributed by atoms with Gasteiger partial charge < -0.3 is 20.3 Å². The number of esters is 1. The van der Waals surface area contributed by atoms with E-state index >= 15 is 0 Å². The second-order valence-electron chi connectivity index (χ2n) is 13.3. The summed E-state index contributed by atoms with van der Waals surface area (Å²) in [6.07, 6.45) is 7.61. The molecule has 0 aromatic rings. The molecule has 5 heterocycles. The molecule has 0 spiro atoms. The number of aliphatic hydroxyl groups is 2. The van der Waals surface area contributed by atoms with E-state index in [-0.39, 0.29) is 17.8 Å². The van der Waals surface area contributed by atoms with Crippen molar-refractivity contribution in [1.29, 1.82) is 0 Å². The molecule has 2 fully saturated rings. The number of nitrogens with one attached hydrogen (secondary N) is 1. The Morgan fingerprint density at radius 3 is 2.44 bits per heavy atom. The smallest absolute Gasteiger partial charge is 0.305 e. The fourth-order valence-corrected chi connectivity index (χ4v) is 7.95. The van der Waals surface area contributed by atoms with Gasteiger partial charge in [0.1, 0.15) is 5.76 Å². The van der Waals surface area contributed by atoms with Crippen molar-refractivity contribution in [3.63, 3.8) is 0 Å². The predicted molar refractivity (Wildman–Crippen MR) is 177 cm³/mol. The number of allylic oxidation sites excluding steroid dienone is 11. The molecule has 45 heavy (non-hydrogen) atoms. The zero-order valence-electron chi connectivity index (χ0n) is 27.3. The van der Waals surface area contributed by atoms with Gasteiger partial charge in [-0.25, -0.2) is 15.0 Å². The first-order valence-electron chi connectivity index (χ1n) is 16.3. The molecule has 0 aromatic heterocycles. The highest BCUT2D eigenvalue weighted by molar-refractivity contribution is 6.21. The van der Waals surface area contributed by atoms with Crippen LogP contribution in [0.25, 0.3) is 0 Å². The lowest BCUT2D eigenvalue weighted by atomic mass is 9.84. The highest BCUT2D eigenvalue weighted by atomic mass is 16.5. The number of carbonyl (C=O) groups excluding carboxylic acids is 1. The molecule has 8 heteroatoms. The Balaban J connectivity index is 1.52. The molecule has 3 atom stereocenters. The number of hydrogen-bond acceptors (Lipinski definition) is 8. The van der Waals surface area contributed by atoms with E-state index in [4.69, 9.17) is 19.7 Å². The van der Waals surface area contributed by atoms with Gasteiger partial charge in [0.15, 0.2) is 0 Å². The summed E-state index contributed by atoms with van der Waals surface area (Å²) in [5.41, 5.74) is 15.2. The second kappa shape index (κ2) is 10.8. The lowest BCUT2D eigenvalue weighted by Crippen LogP contribution is -2.18. The van der Waals surface area contributed by atoms with Crippen LogP contribution >= 0.6 is 0 Å². The number of aliphatic imine (C=N–C) groups is 3. The van der Waals surface area contributed by atoms with Crippen molar-refractivity contribution in [2.24, 2.45) is 32.7 Å². The van der Waals surface area contributed by atoms with Gasteiger partial charge in [0.25, 0.3) is 0 Å². The average molecular weight is 607 g/mol. The van der Waals surface area contributed by atoms with E-state index in [0.29, 0.717) is 30.9 Å². The number of carbonyl (C=O) groups is 1. The van der Waals surface area contributed by atoms with Crippen LogP contribution in [-0.2, 0) is 9.53 Å². The number of methoxy groups -OCH3 is 1. The second-order valence-corrected chi connectivity index (χ2v) is 13.3. The van der Waals surface area contributed by atoms with Gasteiger partial charge in [-0.2, -0.15) is 0 Å². The quantitative estimate of drug-likeness (QED) is 0.289. The molecule has 234 valence electrons. The number of rotatable bonds is 6. The molecule has 7 rings (SSSR count). The Bertz CT molecular complexity index is 1810. The number of ether oxygens (including phenoxy) is 1. The topological polar surface area (TPSA) is 116 Å². The van der Waals surface area contributed by atoms with E-state index in [0.717, 1.165) is 98.3 Å². The van der Waals surface area contributed by atoms with Crippen molar-refractivity contribution in [2.45, 2.75) is 86.2 Å². The molecule has 2 aliphatic carbocycles. The largest absolute Gasteiger partial charge is 0.511 e. The summed E-state index contributed by atoms with van der Waals surface area (Å²) in [5, 5.41) is 26.2.